The minimum Gasteiger partial charge on any atom is -0.310 e. The van der Waals surface area contributed by atoms with E-state index >= 15 is 0 Å². The molecule has 1 nitrogen and oxygen atoms in total. The maximum atomic E-state index is 3.70. The normalized spacial score (nSPS) is 23.5. The second-order valence-electron chi connectivity index (χ2n) is 5.27. The molecular formula is C15H23N. The minimum atomic E-state index is 0.579. The molecule has 1 aromatic carbocycles. The molecule has 0 aromatic heterocycles. The van der Waals surface area contributed by atoms with E-state index in [2.05, 4.69) is 45.1 Å². The first-order chi connectivity index (χ1) is 7.63. The highest BCUT2D eigenvalue weighted by atomic mass is 14.9. The molecule has 1 N–H and O–H groups in total. The van der Waals surface area contributed by atoms with Gasteiger partial charge < -0.3 is 5.32 Å². The third-order valence-electron chi connectivity index (χ3n) is 3.65. The Balaban J connectivity index is 2.32. The summed E-state index contributed by atoms with van der Waals surface area (Å²) in [5, 5.41) is 3.70. The predicted octanol–water partition coefficient (Wildman–Crippen LogP) is 3.54. The molecule has 0 heterocycles. The molecule has 1 aromatic rings. The first kappa shape index (κ1) is 11.7. The Morgan fingerprint density at radius 2 is 2.06 bits per heavy atom. The van der Waals surface area contributed by atoms with Gasteiger partial charge in [-0.1, -0.05) is 31.5 Å². The maximum absolute atomic E-state index is 3.70. The Hall–Kier alpha value is -0.820. The minimum absolute atomic E-state index is 0.579. The van der Waals surface area contributed by atoms with Crippen molar-refractivity contribution in [2.45, 2.75) is 46.6 Å². The van der Waals surface area contributed by atoms with Gasteiger partial charge in [-0.25, -0.2) is 0 Å². The van der Waals surface area contributed by atoms with Crippen LogP contribution >= 0.6 is 0 Å². The van der Waals surface area contributed by atoms with Gasteiger partial charge >= 0.3 is 0 Å². The number of rotatable bonds is 3. The van der Waals surface area contributed by atoms with Crippen molar-refractivity contribution in [2.24, 2.45) is 5.92 Å². The fourth-order valence-electron chi connectivity index (χ4n) is 3.03. The highest BCUT2D eigenvalue weighted by molar-refractivity contribution is 5.44. The molecule has 0 saturated heterocycles. The summed E-state index contributed by atoms with van der Waals surface area (Å²) >= 11 is 0. The third-order valence-corrected chi connectivity index (χ3v) is 3.65. The topological polar surface area (TPSA) is 12.0 Å². The third kappa shape index (κ3) is 2.01. The zero-order valence-corrected chi connectivity index (χ0v) is 10.9. The monoisotopic (exact) mass is 217 g/mol. The summed E-state index contributed by atoms with van der Waals surface area (Å²) in [4.78, 5) is 0. The van der Waals surface area contributed by atoms with Gasteiger partial charge in [-0.3, -0.25) is 0 Å². The Morgan fingerprint density at radius 1 is 1.31 bits per heavy atom. The molecule has 2 atom stereocenters. The highest BCUT2D eigenvalue weighted by Crippen LogP contribution is 2.38. The molecule has 0 aliphatic heterocycles. The lowest BCUT2D eigenvalue weighted by Gasteiger charge is -2.20. The van der Waals surface area contributed by atoms with E-state index in [-0.39, 0.29) is 0 Å². The first-order valence-electron chi connectivity index (χ1n) is 6.47. The Kier molecular flexibility index (Phi) is 3.34. The van der Waals surface area contributed by atoms with Crippen molar-refractivity contribution >= 4 is 0 Å². The van der Waals surface area contributed by atoms with Gasteiger partial charge in [-0.2, -0.15) is 0 Å². The van der Waals surface area contributed by atoms with Crippen LogP contribution in [0.5, 0.6) is 0 Å². The van der Waals surface area contributed by atoms with Crippen molar-refractivity contribution in [3.05, 3.63) is 34.4 Å². The molecule has 16 heavy (non-hydrogen) atoms. The van der Waals surface area contributed by atoms with Crippen molar-refractivity contribution in [3.8, 4) is 0 Å². The molecule has 0 radical (unpaired) electrons. The van der Waals surface area contributed by atoms with E-state index in [9.17, 15) is 0 Å². The van der Waals surface area contributed by atoms with Gasteiger partial charge in [0.15, 0.2) is 0 Å². The van der Waals surface area contributed by atoms with E-state index in [1.807, 2.05) is 0 Å². The highest BCUT2D eigenvalue weighted by Gasteiger charge is 2.30. The van der Waals surface area contributed by atoms with Gasteiger partial charge in [0.05, 0.1) is 0 Å². The molecule has 2 rings (SSSR count). The molecule has 1 aliphatic carbocycles. The van der Waals surface area contributed by atoms with Gasteiger partial charge in [0.2, 0.25) is 0 Å². The number of hydrogen-bond acceptors (Lipinski definition) is 1. The number of fused-ring (bicyclic) bond motifs is 1. The predicted molar refractivity (Wildman–Crippen MR) is 69.8 cm³/mol. The van der Waals surface area contributed by atoms with Crippen molar-refractivity contribution in [1.82, 2.24) is 5.32 Å². The molecule has 0 bridgehead atoms. The summed E-state index contributed by atoms with van der Waals surface area (Å²) in [7, 11) is 0. The molecule has 1 aliphatic rings. The zero-order chi connectivity index (χ0) is 11.7. The van der Waals surface area contributed by atoms with Crippen LogP contribution in [0.3, 0.4) is 0 Å². The van der Waals surface area contributed by atoms with Crippen LogP contribution in [0.1, 0.15) is 48.6 Å². The summed E-state index contributed by atoms with van der Waals surface area (Å²) in [5.41, 5.74) is 6.01. The van der Waals surface area contributed by atoms with E-state index in [1.54, 1.807) is 11.1 Å². The largest absolute Gasteiger partial charge is 0.310 e. The van der Waals surface area contributed by atoms with Crippen LogP contribution in [-0.4, -0.2) is 6.54 Å². The van der Waals surface area contributed by atoms with E-state index in [0.29, 0.717) is 6.04 Å². The van der Waals surface area contributed by atoms with Crippen LogP contribution in [0, 0.1) is 19.8 Å². The van der Waals surface area contributed by atoms with Crippen LogP contribution in [0.4, 0.5) is 0 Å². The quantitative estimate of drug-likeness (QED) is 0.816. The Labute approximate surface area is 99.3 Å². The number of nitrogens with one attached hydrogen (secondary N) is 1. The molecule has 0 saturated carbocycles. The van der Waals surface area contributed by atoms with Crippen LogP contribution in [-0.2, 0) is 6.42 Å². The van der Waals surface area contributed by atoms with E-state index in [4.69, 9.17) is 0 Å². The Bertz CT molecular complexity index is 381. The number of aryl methyl sites for hydroxylation is 2. The fourth-order valence-corrected chi connectivity index (χ4v) is 3.03. The second-order valence-corrected chi connectivity index (χ2v) is 5.27. The lowest BCUT2D eigenvalue weighted by Crippen LogP contribution is -2.25. The van der Waals surface area contributed by atoms with Crippen LogP contribution in [0.2, 0.25) is 0 Å². The smallest absolute Gasteiger partial charge is 0.0354 e. The maximum Gasteiger partial charge on any atom is 0.0354 e. The SMILES string of the molecule is CCCNC1c2c(C)cc(C)cc2CC1C. The second kappa shape index (κ2) is 4.58. The molecule has 88 valence electrons. The fraction of sp³-hybridized carbons (Fsp3) is 0.600. The Morgan fingerprint density at radius 3 is 2.75 bits per heavy atom. The van der Waals surface area contributed by atoms with E-state index < -0.39 is 0 Å². The van der Waals surface area contributed by atoms with Crippen LogP contribution in [0.15, 0.2) is 12.1 Å². The average Bonchev–Trinajstić information content (AvgIpc) is 2.51. The lowest BCUT2D eigenvalue weighted by molar-refractivity contribution is 0.416. The molecule has 1 heteroatoms. The van der Waals surface area contributed by atoms with Gasteiger partial charge in [0.25, 0.3) is 0 Å². The van der Waals surface area contributed by atoms with Crippen LogP contribution in [0.25, 0.3) is 0 Å². The van der Waals surface area contributed by atoms with Gasteiger partial charge in [0.1, 0.15) is 0 Å². The molecule has 0 fully saturated rings. The number of hydrogen-bond donors (Lipinski definition) is 1. The molecular weight excluding hydrogens is 194 g/mol. The summed E-state index contributed by atoms with van der Waals surface area (Å²) in [5.74, 6) is 0.738. The molecule has 2 unspecified atom stereocenters. The van der Waals surface area contributed by atoms with Crippen molar-refractivity contribution in [3.63, 3.8) is 0 Å². The molecule has 0 amide bonds. The lowest BCUT2D eigenvalue weighted by atomic mass is 9.97. The van der Waals surface area contributed by atoms with Gasteiger partial charge in [0, 0.05) is 6.04 Å². The summed E-state index contributed by atoms with van der Waals surface area (Å²) in [6, 6.07) is 5.26. The summed E-state index contributed by atoms with van der Waals surface area (Å²) in [6.07, 6.45) is 2.45. The number of benzene rings is 1. The van der Waals surface area contributed by atoms with E-state index in [1.165, 1.54) is 24.0 Å². The molecule has 0 spiro atoms. The first-order valence-corrected chi connectivity index (χ1v) is 6.47. The summed E-state index contributed by atoms with van der Waals surface area (Å²) < 4.78 is 0. The summed E-state index contributed by atoms with van der Waals surface area (Å²) in [6.45, 7) is 10.2. The van der Waals surface area contributed by atoms with Crippen molar-refractivity contribution in [1.29, 1.82) is 0 Å². The van der Waals surface area contributed by atoms with E-state index in [0.717, 1.165) is 12.5 Å². The van der Waals surface area contributed by atoms with Crippen molar-refractivity contribution in [2.75, 3.05) is 6.54 Å². The zero-order valence-electron chi connectivity index (χ0n) is 10.9. The average molecular weight is 217 g/mol. The van der Waals surface area contributed by atoms with Crippen LogP contribution < -0.4 is 5.32 Å². The standard InChI is InChI=1S/C15H23N/c1-5-6-16-15-12(4)9-13-8-10(2)7-11(3)14(13)15/h7-8,12,15-16H,5-6,9H2,1-4H3. The van der Waals surface area contributed by atoms with Gasteiger partial charge in [-0.15, -0.1) is 0 Å². The van der Waals surface area contributed by atoms with Crippen molar-refractivity contribution < 1.29 is 0 Å². The van der Waals surface area contributed by atoms with Gasteiger partial charge in [-0.05, 0) is 55.8 Å².